The molecule has 1 heterocycles. The molecule has 1 aliphatic heterocycles. The highest BCUT2D eigenvalue weighted by molar-refractivity contribution is 6.22. The van der Waals surface area contributed by atoms with Gasteiger partial charge in [-0.2, -0.15) is 5.26 Å². The number of esters is 1. The number of rotatable bonds is 6. The third-order valence-electron chi connectivity index (χ3n) is 3.39. The van der Waals surface area contributed by atoms with Crippen molar-refractivity contribution in [3.8, 4) is 6.07 Å². The Hall–Kier alpha value is -3.21. The van der Waals surface area contributed by atoms with Gasteiger partial charge in [-0.05, 0) is 18.6 Å². The summed E-state index contributed by atoms with van der Waals surface area (Å²) in [5.41, 5.74) is 5.65. The quantitative estimate of drug-likeness (QED) is 0.580. The third-order valence-corrected chi connectivity index (χ3v) is 3.39. The lowest BCUT2D eigenvalue weighted by Crippen LogP contribution is -2.48. The van der Waals surface area contributed by atoms with E-state index in [0.717, 1.165) is 4.90 Å². The van der Waals surface area contributed by atoms with Crippen LogP contribution in [0.25, 0.3) is 0 Å². The number of ether oxygens (including phenoxy) is 1. The van der Waals surface area contributed by atoms with Crippen LogP contribution in [0.4, 0.5) is 0 Å². The number of nitriles is 1. The molecule has 118 valence electrons. The van der Waals surface area contributed by atoms with Crippen molar-refractivity contribution in [2.75, 3.05) is 6.61 Å². The first-order valence-corrected chi connectivity index (χ1v) is 6.76. The SMILES string of the molecule is N#CCOC(=O)CCC(C(N)=O)N1C(=O)c2ccccc2C1=O. The van der Waals surface area contributed by atoms with Crippen LogP contribution >= 0.6 is 0 Å². The van der Waals surface area contributed by atoms with E-state index in [1.54, 1.807) is 18.2 Å². The summed E-state index contributed by atoms with van der Waals surface area (Å²) in [4.78, 5) is 48.4. The maximum Gasteiger partial charge on any atom is 0.306 e. The second kappa shape index (κ2) is 6.70. The van der Waals surface area contributed by atoms with E-state index in [9.17, 15) is 19.2 Å². The second-order valence-electron chi connectivity index (χ2n) is 4.80. The maximum atomic E-state index is 12.3. The van der Waals surface area contributed by atoms with E-state index in [1.165, 1.54) is 12.1 Å². The zero-order valence-electron chi connectivity index (χ0n) is 12.0. The van der Waals surface area contributed by atoms with Crippen LogP contribution in [0.3, 0.4) is 0 Å². The predicted octanol–water partition coefficient (Wildman–Crippen LogP) is -0.0165. The molecule has 0 aromatic heterocycles. The number of carbonyl (C=O) groups is 4. The Kier molecular flexibility index (Phi) is 4.71. The fraction of sp³-hybridized carbons (Fsp3) is 0.267. The standard InChI is InChI=1S/C15H13N3O5/c16-7-8-23-12(19)6-5-11(13(17)20)18-14(21)9-3-1-2-4-10(9)15(18)22/h1-4,11H,5-6,8H2,(H2,17,20). The van der Waals surface area contributed by atoms with Gasteiger partial charge in [0.05, 0.1) is 11.1 Å². The van der Waals surface area contributed by atoms with Crippen molar-refractivity contribution in [1.29, 1.82) is 5.26 Å². The van der Waals surface area contributed by atoms with Crippen LogP contribution in [0, 0.1) is 11.3 Å². The minimum atomic E-state index is -1.25. The topological polar surface area (TPSA) is 131 Å². The van der Waals surface area contributed by atoms with Gasteiger partial charge in [-0.3, -0.25) is 24.1 Å². The second-order valence-corrected chi connectivity index (χ2v) is 4.80. The molecule has 0 radical (unpaired) electrons. The molecule has 0 saturated heterocycles. The molecule has 2 rings (SSSR count). The first-order valence-electron chi connectivity index (χ1n) is 6.76. The van der Waals surface area contributed by atoms with Crippen molar-refractivity contribution in [3.05, 3.63) is 35.4 Å². The smallest absolute Gasteiger partial charge is 0.306 e. The van der Waals surface area contributed by atoms with Gasteiger partial charge in [-0.1, -0.05) is 12.1 Å². The monoisotopic (exact) mass is 315 g/mol. The normalized spacial score (nSPS) is 14.1. The summed E-state index contributed by atoms with van der Waals surface area (Å²) < 4.78 is 4.56. The van der Waals surface area contributed by atoms with E-state index in [4.69, 9.17) is 11.0 Å². The summed E-state index contributed by atoms with van der Waals surface area (Å²) >= 11 is 0. The zero-order valence-corrected chi connectivity index (χ0v) is 12.0. The van der Waals surface area contributed by atoms with Crippen molar-refractivity contribution in [2.24, 2.45) is 5.73 Å². The summed E-state index contributed by atoms with van der Waals surface area (Å²) in [5.74, 6) is -2.86. The summed E-state index contributed by atoms with van der Waals surface area (Å²) in [6, 6.07) is 6.55. The van der Waals surface area contributed by atoms with Crippen molar-refractivity contribution < 1.29 is 23.9 Å². The molecule has 23 heavy (non-hydrogen) atoms. The van der Waals surface area contributed by atoms with Gasteiger partial charge in [0.2, 0.25) is 5.91 Å². The molecule has 1 atom stereocenters. The van der Waals surface area contributed by atoms with E-state index in [-0.39, 0.29) is 24.0 Å². The number of carbonyl (C=O) groups excluding carboxylic acids is 4. The van der Waals surface area contributed by atoms with E-state index < -0.39 is 36.3 Å². The van der Waals surface area contributed by atoms with Crippen LogP contribution in [-0.4, -0.2) is 41.2 Å². The van der Waals surface area contributed by atoms with Crippen molar-refractivity contribution in [3.63, 3.8) is 0 Å². The molecule has 0 aliphatic carbocycles. The number of fused-ring (bicyclic) bond motifs is 1. The molecule has 1 aromatic carbocycles. The summed E-state index contributed by atoms with van der Waals surface area (Å²) in [5, 5.41) is 8.32. The lowest BCUT2D eigenvalue weighted by molar-refractivity contribution is -0.142. The van der Waals surface area contributed by atoms with E-state index in [1.807, 2.05) is 0 Å². The highest BCUT2D eigenvalue weighted by Gasteiger charge is 2.41. The van der Waals surface area contributed by atoms with Gasteiger partial charge < -0.3 is 10.5 Å². The fourth-order valence-electron chi connectivity index (χ4n) is 2.33. The largest absolute Gasteiger partial charge is 0.450 e. The van der Waals surface area contributed by atoms with Gasteiger partial charge in [0.25, 0.3) is 11.8 Å². The number of benzene rings is 1. The molecule has 8 heteroatoms. The molecular formula is C15H13N3O5. The summed E-state index contributed by atoms with van der Waals surface area (Å²) in [6.07, 6.45) is -0.409. The highest BCUT2D eigenvalue weighted by atomic mass is 16.5. The van der Waals surface area contributed by atoms with Gasteiger partial charge in [0, 0.05) is 6.42 Å². The minimum Gasteiger partial charge on any atom is -0.450 e. The third kappa shape index (κ3) is 3.18. The molecule has 2 N–H and O–H groups in total. The Balaban J connectivity index is 2.15. The van der Waals surface area contributed by atoms with Crippen LogP contribution in [0.1, 0.15) is 33.6 Å². The minimum absolute atomic E-state index is 0.162. The first kappa shape index (κ1) is 16.2. The number of nitrogens with zero attached hydrogens (tertiary/aromatic N) is 2. The van der Waals surface area contributed by atoms with Gasteiger partial charge in [-0.15, -0.1) is 0 Å². The lowest BCUT2D eigenvalue weighted by Gasteiger charge is -2.22. The average molecular weight is 315 g/mol. The number of nitrogens with two attached hydrogens (primary N) is 1. The zero-order chi connectivity index (χ0) is 17.0. The molecule has 0 spiro atoms. The Labute approximate surface area is 131 Å². The molecule has 0 bridgehead atoms. The number of hydrogen-bond donors (Lipinski definition) is 1. The Morgan fingerprint density at radius 2 is 1.78 bits per heavy atom. The maximum absolute atomic E-state index is 12.3. The molecule has 3 amide bonds. The lowest BCUT2D eigenvalue weighted by atomic mass is 10.1. The Morgan fingerprint density at radius 3 is 2.26 bits per heavy atom. The first-order chi connectivity index (χ1) is 11.0. The predicted molar refractivity (Wildman–Crippen MR) is 75.7 cm³/mol. The van der Waals surface area contributed by atoms with Crippen molar-refractivity contribution in [1.82, 2.24) is 4.90 Å². The van der Waals surface area contributed by atoms with Crippen LogP contribution in [0.5, 0.6) is 0 Å². The average Bonchev–Trinajstić information content (AvgIpc) is 2.78. The Morgan fingerprint density at radius 1 is 1.22 bits per heavy atom. The van der Waals surface area contributed by atoms with E-state index in [2.05, 4.69) is 4.74 Å². The molecule has 0 fully saturated rings. The molecule has 1 aliphatic rings. The van der Waals surface area contributed by atoms with Crippen LogP contribution in [0.15, 0.2) is 24.3 Å². The number of amides is 3. The van der Waals surface area contributed by atoms with Gasteiger partial charge >= 0.3 is 5.97 Å². The van der Waals surface area contributed by atoms with E-state index in [0.29, 0.717) is 0 Å². The molecular weight excluding hydrogens is 302 g/mol. The highest BCUT2D eigenvalue weighted by Crippen LogP contribution is 2.25. The van der Waals surface area contributed by atoms with Gasteiger partial charge in [0.15, 0.2) is 6.61 Å². The molecule has 1 unspecified atom stereocenters. The number of primary amides is 1. The van der Waals surface area contributed by atoms with Crippen LogP contribution < -0.4 is 5.73 Å². The molecule has 1 aromatic rings. The molecule has 8 nitrogen and oxygen atoms in total. The summed E-state index contributed by atoms with van der Waals surface area (Å²) in [6.45, 7) is -0.410. The van der Waals surface area contributed by atoms with E-state index >= 15 is 0 Å². The Bertz CT molecular complexity index is 687. The van der Waals surface area contributed by atoms with Gasteiger partial charge in [-0.25, -0.2) is 0 Å². The van der Waals surface area contributed by atoms with Crippen LogP contribution in [0.2, 0.25) is 0 Å². The molecule has 0 saturated carbocycles. The fourth-order valence-corrected chi connectivity index (χ4v) is 2.33. The summed E-state index contributed by atoms with van der Waals surface area (Å²) in [7, 11) is 0. The number of imide groups is 1. The van der Waals surface area contributed by atoms with Crippen molar-refractivity contribution in [2.45, 2.75) is 18.9 Å². The number of hydrogen-bond acceptors (Lipinski definition) is 6. The van der Waals surface area contributed by atoms with Crippen LogP contribution in [-0.2, 0) is 14.3 Å². The van der Waals surface area contributed by atoms with Gasteiger partial charge in [0.1, 0.15) is 12.1 Å². The van der Waals surface area contributed by atoms with Crippen molar-refractivity contribution >= 4 is 23.7 Å².